The van der Waals surface area contributed by atoms with Crippen molar-refractivity contribution in [2.75, 3.05) is 10.6 Å². The smallest absolute Gasteiger partial charge is 0.246 e. The number of amides is 1. The van der Waals surface area contributed by atoms with E-state index in [0.717, 1.165) is 24.2 Å². The average Bonchev–Trinajstić information content (AvgIpc) is 2.74. The van der Waals surface area contributed by atoms with Crippen molar-refractivity contribution in [3.8, 4) is 0 Å². The Morgan fingerprint density at radius 3 is 3.05 bits per heavy atom. The lowest BCUT2D eigenvalue weighted by molar-refractivity contribution is -0.116. The minimum atomic E-state index is -0.225. The predicted molar refractivity (Wildman–Crippen MR) is 74.0 cm³/mol. The van der Waals surface area contributed by atoms with E-state index in [2.05, 4.69) is 21.8 Å². The number of nitrogens with one attached hydrogen (secondary N) is 2. The summed E-state index contributed by atoms with van der Waals surface area (Å²) in [6.45, 7) is 0. The van der Waals surface area contributed by atoms with Gasteiger partial charge in [0.05, 0.1) is 11.9 Å². The summed E-state index contributed by atoms with van der Waals surface area (Å²) in [6.07, 6.45) is 5.25. The number of para-hydroxylation sites is 1. The van der Waals surface area contributed by atoms with Crippen LogP contribution in [-0.4, -0.2) is 21.7 Å². The van der Waals surface area contributed by atoms with Crippen LogP contribution in [0.1, 0.15) is 12.0 Å². The molecule has 5 nitrogen and oxygen atoms in total. The quantitative estimate of drug-likeness (QED) is 0.861. The van der Waals surface area contributed by atoms with E-state index in [-0.39, 0.29) is 11.9 Å². The fourth-order valence-electron chi connectivity index (χ4n) is 2.35. The molecule has 0 saturated carbocycles. The Balaban J connectivity index is 1.77. The first kappa shape index (κ1) is 11.8. The minimum Gasteiger partial charge on any atom is -0.371 e. The molecular formula is C14H16N4O. The van der Waals surface area contributed by atoms with Gasteiger partial charge in [0.25, 0.3) is 0 Å². The summed E-state index contributed by atoms with van der Waals surface area (Å²) in [6, 6.07) is 7.71. The van der Waals surface area contributed by atoms with E-state index in [0.29, 0.717) is 0 Å². The number of carbonyl (C=O) groups is 1. The Morgan fingerprint density at radius 2 is 2.26 bits per heavy atom. The predicted octanol–water partition coefficient (Wildman–Crippen LogP) is 1.79. The lowest BCUT2D eigenvalue weighted by atomic mass is 10.1. The molecule has 19 heavy (non-hydrogen) atoms. The number of anilines is 2. The number of nitrogens with zero attached hydrogens (tertiary/aromatic N) is 2. The summed E-state index contributed by atoms with van der Waals surface area (Å²) in [5.41, 5.74) is 2.97. The number of aromatic nitrogens is 2. The van der Waals surface area contributed by atoms with Crippen LogP contribution >= 0.6 is 0 Å². The zero-order valence-electron chi connectivity index (χ0n) is 10.8. The fourth-order valence-corrected chi connectivity index (χ4v) is 2.35. The van der Waals surface area contributed by atoms with Gasteiger partial charge < -0.3 is 10.6 Å². The molecule has 0 spiro atoms. The van der Waals surface area contributed by atoms with Crippen molar-refractivity contribution in [2.24, 2.45) is 7.05 Å². The number of benzene rings is 1. The molecule has 2 aromatic rings. The van der Waals surface area contributed by atoms with Gasteiger partial charge >= 0.3 is 0 Å². The monoisotopic (exact) mass is 256 g/mol. The number of rotatable bonds is 2. The first-order valence-electron chi connectivity index (χ1n) is 6.36. The number of carbonyl (C=O) groups excluding carboxylic acids is 1. The number of fused-ring (bicyclic) bond motifs is 1. The maximum absolute atomic E-state index is 12.2. The van der Waals surface area contributed by atoms with Crippen molar-refractivity contribution in [3.05, 3.63) is 42.2 Å². The van der Waals surface area contributed by atoms with Crippen molar-refractivity contribution >= 4 is 17.3 Å². The molecule has 0 radical (unpaired) electrons. The first-order chi connectivity index (χ1) is 9.22. The van der Waals surface area contributed by atoms with E-state index in [1.807, 2.05) is 31.4 Å². The topological polar surface area (TPSA) is 59.0 Å². The van der Waals surface area contributed by atoms with Crippen LogP contribution in [0.4, 0.5) is 11.4 Å². The highest BCUT2D eigenvalue weighted by atomic mass is 16.2. The van der Waals surface area contributed by atoms with E-state index in [1.54, 1.807) is 10.9 Å². The molecular weight excluding hydrogens is 240 g/mol. The van der Waals surface area contributed by atoms with E-state index in [1.165, 1.54) is 5.56 Å². The summed E-state index contributed by atoms with van der Waals surface area (Å²) in [5.74, 6) is 0.00815. The molecule has 0 aliphatic carbocycles. The minimum absolute atomic E-state index is 0.00815. The number of hydrogen-bond acceptors (Lipinski definition) is 3. The molecule has 98 valence electrons. The molecule has 0 fully saturated rings. The van der Waals surface area contributed by atoms with Crippen molar-refractivity contribution in [1.82, 2.24) is 9.78 Å². The molecule has 5 heteroatoms. The van der Waals surface area contributed by atoms with E-state index < -0.39 is 0 Å². The van der Waals surface area contributed by atoms with Gasteiger partial charge in [-0.2, -0.15) is 5.10 Å². The molecule has 0 saturated heterocycles. The van der Waals surface area contributed by atoms with Crippen LogP contribution in [0.5, 0.6) is 0 Å². The molecule has 0 bridgehead atoms. The summed E-state index contributed by atoms with van der Waals surface area (Å²) >= 11 is 0. The second-order valence-electron chi connectivity index (χ2n) is 4.78. The molecule has 2 N–H and O–H groups in total. The second-order valence-corrected chi connectivity index (χ2v) is 4.78. The molecule has 1 atom stereocenters. The summed E-state index contributed by atoms with van der Waals surface area (Å²) in [5, 5.41) is 10.3. The Hall–Kier alpha value is -2.30. The lowest BCUT2D eigenvalue weighted by Gasteiger charge is -2.14. The van der Waals surface area contributed by atoms with Crippen molar-refractivity contribution in [3.63, 3.8) is 0 Å². The SMILES string of the molecule is Cn1cc(NC2CCc3ccccc3NC2=O)cn1. The standard InChI is InChI=1S/C14H16N4O/c1-18-9-11(8-15-18)16-13-7-6-10-4-2-3-5-12(10)17-14(13)19/h2-5,8-9,13,16H,6-7H2,1H3,(H,17,19). The zero-order chi connectivity index (χ0) is 13.2. The summed E-state index contributed by atoms with van der Waals surface area (Å²) in [4.78, 5) is 12.2. The van der Waals surface area contributed by atoms with Gasteiger partial charge in [0.15, 0.2) is 0 Å². The van der Waals surface area contributed by atoms with Crippen LogP contribution in [0, 0.1) is 0 Å². The number of hydrogen-bond donors (Lipinski definition) is 2. The maximum Gasteiger partial charge on any atom is 0.246 e. The first-order valence-corrected chi connectivity index (χ1v) is 6.36. The number of aryl methyl sites for hydroxylation is 2. The van der Waals surface area contributed by atoms with Gasteiger partial charge in [-0.15, -0.1) is 0 Å². The Bertz CT molecular complexity index is 605. The molecule has 3 rings (SSSR count). The Kier molecular flexibility index (Phi) is 2.95. The molecule has 1 aliphatic heterocycles. The Morgan fingerprint density at radius 1 is 1.42 bits per heavy atom. The molecule has 1 amide bonds. The third kappa shape index (κ3) is 2.45. The van der Waals surface area contributed by atoms with E-state index in [4.69, 9.17) is 0 Å². The third-order valence-electron chi connectivity index (χ3n) is 3.34. The van der Waals surface area contributed by atoms with Crippen LogP contribution < -0.4 is 10.6 Å². The normalized spacial score (nSPS) is 18.4. The van der Waals surface area contributed by atoms with Gasteiger partial charge in [0, 0.05) is 18.9 Å². The third-order valence-corrected chi connectivity index (χ3v) is 3.34. The van der Waals surface area contributed by atoms with Crippen LogP contribution in [0.2, 0.25) is 0 Å². The molecule has 2 heterocycles. The van der Waals surface area contributed by atoms with Crippen molar-refractivity contribution in [1.29, 1.82) is 0 Å². The summed E-state index contributed by atoms with van der Waals surface area (Å²) < 4.78 is 1.71. The zero-order valence-corrected chi connectivity index (χ0v) is 10.8. The highest BCUT2D eigenvalue weighted by Crippen LogP contribution is 2.22. The highest BCUT2D eigenvalue weighted by molar-refractivity contribution is 5.97. The summed E-state index contributed by atoms with van der Waals surface area (Å²) in [7, 11) is 1.86. The lowest BCUT2D eigenvalue weighted by Crippen LogP contribution is -2.33. The van der Waals surface area contributed by atoms with Crippen LogP contribution in [0.25, 0.3) is 0 Å². The molecule has 1 unspecified atom stereocenters. The van der Waals surface area contributed by atoms with Crippen LogP contribution in [-0.2, 0) is 18.3 Å². The molecule has 1 aromatic heterocycles. The van der Waals surface area contributed by atoms with Crippen LogP contribution in [0.15, 0.2) is 36.7 Å². The fraction of sp³-hybridized carbons (Fsp3) is 0.286. The van der Waals surface area contributed by atoms with Crippen LogP contribution in [0.3, 0.4) is 0 Å². The maximum atomic E-state index is 12.2. The van der Waals surface area contributed by atoms with E-state index >= 15 is 0 Å². The van der Waals surface area contributed by atoms with Gasteiger partial charge in [-0.25, -0.2) is 0 Å². The van der Waals surface area contributed by atoms with Gasteiger partial charge in [-0.05, 0) is 24.5 Å². The highest BCUT2D eigenvalue weighted by Gasteiger charge is 2.23. The van der Waals surface area contributed by atoms with Gasteiger partial charge in [0.2, 0.25) is 5.91 Å². The van der Waals surface area contributed by atoms with Crippen molar-refractivity contribution in [2.45, 2.75) is 18.9 Å². The van der Waals surface area contributed by atoms with E-state index in [9.17, 15) is 4.79 Å². The van der Waals surface area contributed by atoms with Gasteiger partial charge in [-0.1, -0.05) is 18.2 Å². The largest absolute Gasteiger partial charge is 0.371 e. The van der Waals surface area contributed by atoms with Crippen molar-refractivity contribution < 1.29 is 4.79 Å². The second kappa shape index (κ2) is 4.76. The average molecular weight is 256 g/mol. The molecule has 1 aromatic carbocycles. The van der Waals surface area contributed by atoms with Gasteiger partial charge in [0.1, 0.15) is 6.04 Å². The molecule has 1 aliphatic rings. The Labute approximate surface area is 111 Å². The van der Waals surface area contributed by atoms with Gasteiger partial charge in [-0.3, -0.25) is 9.48 Å².